The molecule has 8 heteroatoms. The third kappa shape index (κ3) is 3.18. The number of hydrogen-bond acceptors (Lipinski definition) is 4. The second kappa shape index (κ2) is 6.36. The van der Waals surface area contributed by atoms with E-state index in [1.807, 2.05) is 6.92 Å². The van der Waals surface area contributed by atoms with Crippen molar-refractivity contribution < 1.29 is 14.3 Å². The van der Waals surface area contributed by atoms with E-state index in [1.54, 1.807) is 16.7 Å². The van der Waals surface area contributed by atoms with Crippen molar-refractivity contribution in [2.75, 3.05) is 5.75 Å². The number of nitrogens with zero attached hydrogens (tertiary/aromatic N) is 3. The molecule has 5 nitrogen and oxygen atoms in total. The molecule has 1 aromatic carbocycles. The Morgan fingerprint density at radius 3 is 2.85 bits per heavy atom. The average Bonchev–Trinajstić information content (AvgIpc) is 2.82. The van der Waals surface area contributed by atoms with Crippen LogP contribution in [-0.2, 0) is 11.3 Å². The molecular weight excluding hydrogens is 349 g/mol. The number of aromatic nitrogens is 3. The lowest BCUT2D eigenvalue weighted by atomic mass is 10.2. The van der Waals surface area contributed by atoms with Gasteiger partial charge in [-0.2, -0.15) is 0 Å². The molecule has 0 fully saturated rings. The summed E-state index contributed by atoms with van der Waals surface area (Å²) in [7, 11) is 0. The van der Waals surface area contributed by atoms with Gasteiger partial charge in [-0.3, -0.25) is 4.79 Å². The summed E-state index contributed by atoms with van der Waals surface area (Å²) in [5, 5.41) is 17.3. The molecule has 0 saturated heterocycles. The predicted octanol–water partition coefficient (Wildman–Crippen LogP) is 3.04. The van der Waals surface area contributed by atoms with Gasteiger partial charge in [0.2, 0.25) is 0 Å². The van der Waals surface area contributed by atoms with E-state index in [2.05, 4.69) is 26.1 Å². The number of aliphatic carboxylic acids is 1. The molecule has 1 aromatic heterocycles. The lowest BCUT2D eigenvalue weighted by molar-refractivity contribution is -0.133. The van der Waals surface area contributed by atoms with E-state index in [4.69, 9.17) is 5.11 Å². The standard InChI is InChI=1S/C12H11BrFN3O2S/c1-2-17-11(7-3-4-9(14)8(13)5-7)15-16-12(17)20-6-10(18)19/h3-5H,2,6H2,1H3,(H,18,19). The van der Waals surface area contributed by atoms with Crippen LogP contribution in [0.3, 0.4) is 0 Å². The quantitative estimate of drug-likeness (QED) is 0.831. The van der Waals surface area contributed by atoms with E-state index in [-0.39, 0.29) is 11.6 Å². The van der Waals surface area contributed by atoms with Gasteiger partial charge in [-0.15, -0.1) is 10.2 Å². The molecule has 0 aliphatic heterocycles. The molecule has 2 aromatic rings. The van der Waals surface area contributed by atoms with Crippen LogP contribution in [0.15, 0.2) is 27.8 Å². The van der Waals surface area contributed by atoms with Crippen molar-refractivity contribution in [3.8, 4) is 11.4 Å². The summed E-state index contributed by atoms with van der Waals surface area (Å²) >= 11 is 4.24. The Kier molecular flexibility index (Phi) is 4.77. The molecular formula is C12H11BrFN3O2S. The molecule has 106 valence electrons. The van der Waals surface area contributed by atoms with Gasteiger partial charge in [-0.1, -0.05) is 11.8 Å². The zero-order valence-electron chi connectivity index (χ0n) is 10.5. The number of hydrogen-bond donors (Lipinski definition) is 1. The summed E-state index contributed by atoms with van der Waals surface area (Å²) in [6, 6.07) is 4.58. The molecule has 0 saturated carbocycles. The molecule has 0 spiro atoms. The number of carboxylic acids is 1. The number of thioether (sulfide) groups is 1. The Hall–Kier alpha value is -1.41. The third-order valence-corrected chi connectivity index (χ3v) is 4.09. The highest BCUT2D eigenvalue weighted by atomic mass is 79.9. The highest BCUT2D eigenvalue weighted by molar-refractivity contribution is 9.10. The Balaban J connectivity index is 2.36. The molecule has 2 rings (SSSR count). The number of halogens is 2. The SMILES string of the molecule is CCn1c(SCC(=O)O)nnc1-c1ccc(F)c(Br)c1. The van der Waals surface area contributed by atoms with Crippen LogP contribution in [0.1, 0.15) is 6.92 Å². The second-order valence-corrected chi connectivity index (χ2v) is 5.66. The van der Waals surface area contributed by atoms with Gasteiger partial charge in [0.05, 0.1) is 10.2 Å². The largest absolute Gasteiger partial charge is 0.481 e. The molecule has 20 heavy (non-hydrogen) atoms. The lowest BCUT2D eigenvalue weighted by Crippen LogP contribution is -2.03. The molecule has 0 radical (unpaired) electrons. The summed E-state index contributed by atoms with van der Waals surface area (Å²) in [6.45, 7) is 2.51. The predicted molar refractivity (Wildman–Crippen MR) is 77.1 cm³/mol. The molecule has 0 aliphatic carbocycles. The van der Waals surface area contributed by atoms with Crippen molar-refractivity contribution in [1.29, 1.82) is 0 Å². The monoisotopic (exact) mass is 359 g/mol. The highest BCUT2D eigenvalue weighted by Crippen LogP contribution is 2.27. The van der Waals surface area contributed by atoms with E-state index >= 15 is 0 Å². The van der Waals surface area contributed by atoms with Crippen molar-refractivity contribution in [2.24, 2.45) is 0 Å². The zero-order valence-corrected chi connectivity index (χ0v) is 12.9. The van der Waals surface area contributed by atoms with Gasteiger partial charge in [0.15, 0.2) is 11.0 Å². The zero-order chi connectivity index (χ0) is 14.7. The molecule has 1 heterocycles. The molecule has 0 aliphatic rings. The first kappa shape index (κ1) is 15.0. The van der Waals surface area contributed by atoms with Gasteiger partial charge in [0.25, 0.3) is 0 Å². The maximum Gasteiger partial charge on any atom is 0.313 e. The fourth-order valence-electron chi connectivity index (χ4n) is 1.66. The van der Waals surface area contributed by atoms with Crippen LogP contribution >= 0.6 is 27.7 Å². The van der Waals surface area contributed by atoms with Crippen LogP contribution < -0.4 is 0 Å². The number of carbonyl (C=O) groups is 1. The summed E-state index contributed by atoms with van der Waals surface area (Å²) in [5.41, 5.74) is 0.717. The first-order valence-corrected chi connectivity index (χ1v) is 7.54. The van der Waals surface area contributed by atoms with E-state index in [1.165, 1.54) is 6.07 Å². The lowest BCUT2D eigenvalue weighted by Gasteiger charge is -2.07. The van der Waals surface area contributed by atoms with E-state index < -0.39 is 5.97 Å². The van der Waals surface area contributed by atoms with Gasteiger partial charge in [0, 0.05) is 12.1 Å². The van der Waals surface area contributed by atoms with Crippen LogP contribution in [0, 0.1) is 5.82 Å². The van der Waals surface area contributed by atoms with Crippen LogP contribution in [0.5, 0.6) is 0 Å². The summed E-state index contributed by atoms with van der Waals surface area (Å²) in [4.78, 5) is 10.6. The van der Waals surface area contributed by atoms with Crippen molar-refractivity contribution in [2.45, 2.75) is 18.6 Å². The van der Waals surface area contributed by atoms with Crippen molar-refractivity contribution >= 4 is 33.7 Å². The van der Waals surface area contributed by atoms with Gasteiger partial charge < -0.3 is 9.67 Å². The summed E-state index contributed by atoms with van der Waals surface area (Å²) in [5.74, 6) is -0.754. The molecule has 0 unspecified atom stereocenters. The van der Waals surface area contributed by atoms with Crippen molar-refractivity contribution in [1.82, 2.24) is 14.8 Å². The van der Waals surface area contributed by atoms with Gasteiger partial charge >= 0.3 is 5.97 Å². The van der Waals surface area contributed by atoms with Gasteiger partial charge in [-0.25, -0.2) is 4.39 Å². The van der Waals surface area contributed by atoms with Crippen LogP contribution in [0.2, 0.25) is 0 Å². The van der Waals surface area contributed by atoms with Crippen molar-refractivity contribution in [3.63, 3.8) is 0 Å². The van der Waals surface area contributed by atoms with Crippen molar-refractivity contribution in [3.05, 3.63) is 28.5 Å². The van der Waals surface area contributed by atoms with E-state index in [0.717, 1.165) is 17.3 Å². The summed E-state index contributed by atoms with van der Waals surface area (Å²) < 4.78 is 15.4. The minimum absolute atomic E-state index is 0.0781. The van der Waals surface area contributed by atoms with E-state index in [9.17, 15) is 9.18 Å². The molecule has 0 amide bonds. The van der Waals surface area contributed by atoms with E-state index in [0.29, 0.717) is 22.0 Å². The number of benzene rings is 1. The van der Waals surface area contributed by atoms with Crippen LogP contribution in [0.25, 0.3) is 11.4 Å². The molecule has 0 bridgehead atoms. The maximum absolute atomic E-state index is 13.3. The fourth-order valence-corrected chi connectivity index (χ4v) is 2.76. The number of rotatable bonds is 5. The van der Waals surface area contributed by atoms with Gasteiger partial charge in [-0.05, 0) is 41.1 Å². The normalized spacial score (nSPS) is 10.8. The minimum atomic E-state index is -0.910. The first-order chi connectivity index (χ1) is 9.52. The van der Waals surface area contributed by atoms with Crippen LogP contribution in [0.4, 0.5) is 4.39 Å². The highest BCUT2D eigenvalue weighted by Gasteiger charge is 2.15. The Labute approximate surface area is 127 Å². The molecule has 0 atom stereocenters. The third-order valence-electron chi connectivity index (χ3n) is 2.54. The van der Waals surface area contributed by atoms with Crippen LogP contribution in [-0.4, -0.2) is 31.6 Å². The number of carboxylic acid groups (broad SMARTS) is 1. The second-order valence-electron chi connectivity index (χ2n) is 3.86. The Bertz CT molecular complexity index is 648. The smallest absolute Gasteiger partial charge is 0.313 e. The van der Waals surface area contributed by atoms with Gasteiger partial charge in [0.1, 0.15) is 5.82 Å². The first-order valence-electron chi connectivity index (χ1n) is 5.76. The molecule has 1 N–H and O–H groups in total. The fraction of sp³-hybridized carbons (Fsp3) is 0.250. The Morgan fingerprint density at radius 2 is 2.25 bits per heavy atom. The Morgan fingerprint density at radius 1 is 1.50 bits per heavy atom. The maximum atomic E-state index is 13.3. The topological polar surface area (TPSA) is 68.0 Å². The summed E-state index contributed by atoms with van der Waals surface area (Å²) in [6.07, 6.45) is 0. The minimum Gasteiger partial charge on any atom is -0.481 e. The average molecular weight is 360 g/mol.